The lowest BCUT2D eigenvalue weighted by Gasteiger charge is -2.40. The number of imidazole rings is 1. The first-order valence-corrected chi connectivity index (χ1v) is 13.4. The summed E-state index contributed by atoms with van der Waals surface area (Å²) in [6.07, 6.45) is 9.14. The number of hydrogen-bond acceptors (Lipinski definition) is 8. The highest BCUT2D eigenvalue weighted by atomic mass is 19.1. The van der Waals surface area contributed by atoms with E-state index in [-0.39, 0.29) is 29.6 Å². The normalized spacial score (nSPS) is 16.8. The number of carbonyl (C=O) groups is 1. The number of carbonyl (C=O) groups excluding carboxylic acids is 1. The molecule has 1 aliphatic heterocycles. The van der Waals surface area contributed by atoms with Crippen molar-refractivity contribution in [2.45, 2.75) is 77.4 Å². The zero-order valence-corrected chi connectivity index (χ0v) is 22.7. The first kappa shape index (κ1) is 26.4. The van der Waals surface area contributed by atoms with Crippen LogP contribution in [-0.2, 0) is 0 Å². The molecule has 0 saturated heterocycles. The fraction of sp³-hybridized carbons (Fsp3) is 0.464. The zero-order chi connectivity index (χ0) is 27.7. The van der Waals surface area contributed by atoms with Crippen LogP contribution >= 0.6 is 0 Å². The maximum Gasteiger partial charge on any atom is 0.254 e. The second-order valence-electron chi connectivity index (χ2n) is 10.3. The predicted molar refractivity (Wildman–Crippen MR) is 145 cm³/mol. The topological polar surface area (TPSA) is 121 Å². The number of hydrogen-bond donors (Lipinski definition) is 2. The Morgan fingerprint density at radius 1 is 1.26 bits per heavy atom. The Kier molecular flexibility index (Phi) is 7.37. The van der Waals surface area contributed by atoms with E-state index >= 15 is 4.39 Å². The molecule has 5 rings (SSSR count). The van der Waals surface area contributed by atoms with Gasteiger partial charge in [0.1, 0.15) is 29.7 Å². The van der Waals surface area contributed by atoms with E-state index in [1.165, 1.54) is 19.2 Å². The van der Waals surface area contributed by atoms with E-state index in [2.05, 4.69) is 52.3 Å². The van der Waals surface area contributed by atoms with Crippen LogP contribution in [-0.4, -0.2) is 44.6 Å². The third kappa shape index (κ3) is 4.87. The number of halogens is 1. The van der Waals surface area contributed by atoms with Crippen molar-refractivity contribution in [1.82, 2.24) is 24.8 Å². The monoisotopic (exact) mass is 532 g/mol. The minimum atomic E-state index is -0.661. The number of aromatic nitrogens is 4. The molecular formula is C28H33FN8O2. The first-order chi connectivity index (χ1) is 18.9. The van der Waals surface area contributed by atoms with E-state index < -0.39 is 11.7 Å². The molecule has 1 aromatic carbocycles. The molecule has 0 radical (unpaired) electrons. The molecule has 1 amide bonds. The number of ether oxygens (including phenoxy) is 1. The van der Waals surface area contributed by atoms with Gasteiger partial charge in [-0.3, -0.25) is 9.36 Å². The first-order valence-electron chi connectivity index (χ1n) is 13.4. The van der Waals surface area contributed by atoms with Crippen LogP contribution in [0.3, 0.4) is 0 Å². The van der Waals surface area contributed by atoms with Gasteiger partial charge < -0.3 is 20.3 Å². The number of fused-ring (bicyclic) bond motifs is 3. The van der Waals surface area contributed by atoms with E-state index in [0.717, 1.165) is 44.2 Å². The number of nitrogens with zero attached hydrogens (tertiary/aromatic N) is 6. The molecule has 2 N–H and O–H groups in total. The summed E-state index contributed by atoms with van der Waals surface area (Å²) < 4.78 is 22.5. The number of rotatable bonds is 7. The van der Waals surface area contributed by atoms with Gasteiger partial charge in [-0.05, 0) is 39.2 Å². The van der Waals surface area contributed by atoms with Crippen LogP contribution in [0.5, 0.6) is 5.75 Å². The minimum absolute atomic E-state index is 0.0629. The summed E-state index contributed by atoms with van der Waals surface area (Å²) in [6.45, 7) is 6.19. The number of anilines is 3. The largest absolute Gasteiger partial charge is 0.495 e. The summed E-state index contributed by atoms with van der Waals surface area (Å²) in [5.41, 5.74) is 2.14. The number of benzene rings is 1. The lowest BCUT2D eigenvalue weighted by molar-refractivity contribution is 0.0923. The van der Waals surface area contributed by atoms with Crippen LogP contribution in [0.2, 0.25) is 0 Å². The molecule has 0 bridgehead atoms. The Morgan fingerprint density at radius 2 is 2.03 bits per heavy atom. The Balaban J connectivity index is 1.47. The Morgan fingerprint density at radius 3 is 2.69 bits per heavy atom. The SMILES string of the molecule is CC[C@@H]1c2c(C#N)ncn2-c2cnc(Nc3cc(F)c(C(=O)NC4CCCCC4)cc3OC)nc2N1C(C)C. The average Bonchev–Trinajstić information content (AvgIpc) is 3.37. The van der Waals surface area contributed by atoms with Crippen LogP contribution in [0, 0.1) is 17.1 Å². The second-order valence-corrected chi connectivity index (χ2v) is 10.3. The lowest BCUT2D eigenvalue weighted by Crippen LogP contribution is -2.40. The number of amides is 1. The molecule has 0 spiro atoms. The van der Waals surface area contributed by atoms with Crippen molar-refractivity contribution in [3.8, 4) is 17.5 Å². The zero-order valence-electron chi connectivity index (χ0n) is 22.7. The lowest BCUT2D eigenvalue weighted by atomic mass is 9.95. The molecule has 1 atom stereocenters. The summed E-state index contributed by atoms with van der Waals surface area (Å²) >= 11 is 0. The molecule has 204 valence electrons. The minimum Gasteiger partial charge on any atom is -0.495 e. The summed E-state index contributed by atoms with van der Waals surface area (Å²) in [5.74, 6) is 0.114. The molecule has 3 aromatic rings. The molecule has 2 aromatic heterocycles. The molecule has 2 aliphatic rings. The summed E-state index contributed by atoms with van der Waals surface area (Å²) in [6, 6.07) is 4.87. The van der Waals surface area contributed by atoms with Gasteiger partial charge in [-0.1, -0.05) is 26.2 Å². The average molecular weight is 533 g/mol. The van der Waals surface area contributed by atoms with Crippen molar-refractivity contribution in [2.75, 3.05) is 17.3 Å². The summed E-state index contributed by atoms with van der Waals surface area (Å²) in [7, 11) is 1.47. The Hall–Kier alpha value is -4.20. The van der Waals surface area contributed by atoms with E-state index in [9.17, 15) is 10.1 Å². The van der Waals surface area contributed by atoms with E-state index in [1.807, 2.05) is 4.57 Å². The van der Waals surface area contributed by atoms with Crippen molar-refractivity contribution in [3.05, 3.63) is 47.4 Å². The van der Waals surface area contributed by atoms with Gasteiger partial charge in [0.2, 0.25) is 5.95 Å². The van der Waals surface area contributed by atoms with Gasteiger partial charge in [-0.15, -0.1) is 0 Å². The van der Waals surface area contributed by atoms with Crippen molar-refractivity contribution in [2.24, 2.45) is 0 Å². The van der Waals surface area contributed by atoms with Gasteiger partial charge in [-0.25, -0.2) is 14.4 Å². The Labute approximate surface area is 227 Å². The van der Waals surface area contributed by atoms with Crippen molar-refractivity contribution in [1.29, 1.82) is 5.26 Å². The van der Waals surface area contributed by atoms with Gasteiger partial charge in [0, 0.05) is 18.2 Å². The molecule has 3 heterocycles. The van der Waals surface area contributed by atoms with Crippen LogP contribution in [0.1, 0.15) is 87.1 Å². The van der Waals surface area contributed by atoms with Crippen LogP contribution in [0.4, 0.5) is 21.8 Å². The van der Waals surface area contributed by atoms with E-state index in [4.69, 9.17) is 9.72 Å². The second kappa shape index (κ2) is 10.9. The Bertz CT molecular complexity index is 1420. The van der Waals surface area contributed by atoms with Gasteiger partial charge in [0.05, 0.1) is 36.3 Å². The van der Waals surface area contributed by atoms with E-state index in [0.29, 0.717) is 28.6 Å². The quantitative estimate of drug-likeness (QED) is 0.428. The fourth-order valence-corrected chi connectivity index (χ4v) is 5.64. The molecular weight excluding hydrogens is 499 g/mol. The highest BCUT2D eigenvalue weighted by Gasteiger charge is 2.36. The molecule has 0 unspecified atom stereocenters. The van der Waals surface area contributed by atoms with Crippen molar-refractivity contribution >= 4 is 23.4 Å². The van der Waals surface area contributed by atoms with Gasteiger partial charge in [0.15, 0.2) is 11.5 Å². The molecule has 39 heavy (non-hydrogen) atoms. The van der Waals surface area contributed by atoms with Crippen molar-refractivity contribution in [3.63, 3.8) is 0 Å². The molecule has 1 fully saturated rings. The number of nitrogens with one attached hydrogen (secondary N) is 2. The van der Waals surface area contributed by atoms with Crippen LogP contribution in [0.25, 0.3) is 5.69 Å². The van der Waals surface area contributed by atoms with Gasteiger partial charge >= 0.3 is 0 Å². The summed E-state index contributed by atoms with van der Waals surface area (Å²) in [5, 5.41) is 15.7. The smallest absolute Gasteiger partial charge is 0.254 e. The number of nitriles is 1. The standard InChI is InChI=1S/C28H33FN8O2/c1-5-22-25-21(13-30)32-15-36(25)23-14-31-28(35-26(23)37(22)16(2)3)34-20-12-19(29)18(11-24(20)39-4)27(38)33-17-9-7-6-8-10-17/h11-12,14-17,22H,5-10H2,1-4H3,(H,33,38)(H,31,34,35)/t22-/m1/s1. The highest BCUT2D eigenvalue weighted by molar-refractivity contribution is 5.96. The van der Waals surface area contributed by atoms with Gasteiger partial charge in [0.25, 0.3) is 5.91 Å². The molecule has 11 heteroatoms. The highest BCUT2D eigenvalue weighted by Crippen LogP contribution is 2.42. The fourth-order valence-electron chi connectivity index (χ4n) is 5.64. The number of methoxy groups -OCH3 is 1. The third-order valence-corrected chi connectivity index (χ3v) is 7.48. The molecule has 10 nitrogen and oxygen atoms in total. The summed E-state index contributed by atoms with van der Waals surface area (Å²) in [4.78, 5) is 28.5. The maximum absolute atomic E-state index is 15.2. The van der Waals surface area contributed by atoms with E-state index in [1.54, 1.807) is 12.5 Å². The predicted octanol–water partition coefficient (Wildman–Crippen LogP) is 5.17. The third-order valence-electron chi connectivity index (χ3n) is 7.48. The van der Waals surface area contributed by atoms with Crippen molar-refractivity contribution < 1.29 is 13.9 Å². The molecule has 1 saturated carbocycles. The maximum atomic E-state index is 15.2. The van der Waals surface area contributed by atoms with Gasteiger partial charge in [-0.2, -0.15) is 10.2 Å². The van der Waals surface area contributed by atoms with Crippen LogP contribution in [0.15, 0.2) is 24.7 Å². The molecule has 1 aliphatic carbocycles. The van der Waals surface area contributed by atoms with Crippen LogP contribution < -0.4 is 20.3 Å².